The van der Waals surface area contributed by atoms with Crippen molar-refractivity contribution < 1.29 is 23.9 Å². The van der Waals surface area contributed by atoms with Gasteiger partial charge >= 0.3 is 11.9 Å². The lowest BCUT2D eigenvalue weighted by Gasteiger charge is -2.54. The lowest BCUT2D eigenvalue weighted by molar-refractivity contribution is -0.217. The molecule has 3 unspecified atom stereocenters. The second-order valence-corrected chi connectivity index (χ2v) is 7.72. The Morgan fingerprint density at radius 1 is 1.12 bits per heavy atom. The van der Waals surface area contributed by atoms with Crippen LogP contribution in [0.4, 0.5) is 4.48 Å². The monoisotopic (exact) mass is 371 g/mol. The van der Waals surface area contributed by atoms with Crippen LogP contribution < -0.4 is 0 Å². The van der Waals surface area contributed by atoms with Crippen LogP contribution in [0, 0.1) is 5.92 Å². The van der Waals surface area contributed by atoms with Crippen molar-refractivity contribution >= 4 is 11.9 Å². The van der Waals surface area contributed by atoms with Crippen molar-refractivity contribution in [2.45, 2.75) is 57.2 Å². The molecule has 26 heavy (non-hydrogen) atoms. The largest absolute Gasteiger partial charge is 0.481 e. The molecule has 0 radical (unpaired) electrons. The SMILES string of the molecule is CCOC(=O)C1(N2CCCC2)N(F)CC(C)C1(CC(=O)O)N1CCCC1. The first-order valence-corrected chi connectivity index (χ1v) is 9.73. The number of aliphatic carboxylic acids is 1. The Hall–Kier alpha value is -1.25. The van der Waals surface area contributed by atoms with Gasteiger partial charge in [0.15, 0.2) is 0 Å². The third kappa shape index (κ3) is 2.65. The summed E-state index contributed by atoms with van der Waals surface area (Å²) in [6.45, 7) is 6.23. The third-order valence-corrected chi connectivity index (χ3v) is 6.42. The van der Waals surface area contributed by atoms with Crippen molar-refractivity contribution in [1.82, 2.24) is 14.9 Å². The molecule has 0 bridgehead atoms. The second-order valence-electron chi connectivity index (χ2n) is 7.72. The molecule has 148 valence electrons. The molecule has 0 saturated carbocycles. The first-order chi connectivity index (χ1) is 12.4. The van der Waals surface area contributed by atoms with E-state index in [2.05, 4.69) is 4.90 Å². The Labute approximate surface area is 154 Å². The summed E-state index contributed by atoms with van der Waals surface area (Å²) in [6, 6.07) is 0. The summed E-state index contributed by atoms with van der Waals surface area (Å²) in [5.74, 6) is -1.97. The van der Waals surface area contributed by atoms with Gasteiger partial charge in [-0.3, -0.25) is 14.6 Å². The standard InChI is InChI=1S/C18H30FN3O4/c1-3-26-16(25)18(21-10-6-7-11-21)17(12-15(23)24,14(2)13-22(18)19)20-8-4-5-9-20/h14H,3-13H2,1-2H3,(H,23,24). The summed E-state index contributed by atoms with van der Waals surface area (Å²) in [5.41, 5.74) is -2.83. The molecule has 0 aromatic heterocycles. The number of likely N-dealkylation sites (tertiary alicyclic amines) is 2. The molecule has 3 fully saturated rings. The average Bonchev–Trinajstić information content (AvgIpc) is 3.30. The van der Waals surface area contributed by atoms with Crippen LogP contribution in [0.1, 0.15) is 46.0 Å². The Balaban J connectivity index is 2.20. The molecule has 7 nitrogen and oxygen atoms in total. The fourth-order valence-electron chi connectivity index (χ4n) is 5.47. The van der Waals surface area contributed by atoms with Crippen LogP contribution in [0.2, 0.25) is 0 Å². The second kappa shape index (κ2) is 7.40. The molecule has 0 aromatic rings. The van der Waals surface area contributed by atoms with E-state index in [4.69, 9.17) is 4.74 Å². The van der Waals surface area contributed by atoms with Crippen molar-refractivity contribution in [3.8, 4) is 0 Å². The van der Waals surface area contributed by atoms with E-state index >= 15 is 4.48 Å². The Kier molecular flexibility index (Phi) is 5.55. The maximum absolute atomic E-state index is 15.6. The number of rotatable bonds is 6. The molecule has 3 saturated heterocycles. The van der Waals surface area contributed by atoms with E-state index < -0.39 is 23.1 Å². The van der Waals surface area contributed by atoms with E-state index in [1.807, 2.05) is 11.8 Å². The predicted molar refractivity (Wildman–Crippen MR) is 92.9 cm³/mol. The van der Waals surface area contributed by atoms with Crippen LogP contribution in [0.15, 0.2) is 0 Å². The lowest BCUT2D eigenvalue weighted by Crippen LogP contribution is -2.76. The zero-order valence-electron chi connectivity index (χ0n) is 15.7. The van der Waals surface area contributed by atoms with Gasteiger partial charge in [0, 0.05) is 19.6 Å². The summed E-state index contributed by atoms with van der Waals surface area (Å²) < 4.78 is 21.0. The van der Waals surface area contributed by atoms with E-state index in [0.29, 0.717) is 31.3 Å². The van der Waals surface area contributed by atoms with Gasteiger partial charge < -0.3 is 9.84 Å². The predicted octanol–water partition coefficient (Wildman–Crippen LogP) is 1.49. The maximum atomic E-state index is 15.6. The van der Waals surface area contributed by atoms with E-state index in [0.717, 1.165) is 25.7 Å². The van der Waals surface area contributed by atoms with Crippen molar-refractivity contribution in [3.05, 3.63) is 0 Å². The van der Waals surface area contributed by atoms with Crippen LogP contribution in [-0.2, 0) is 14.3 Å². The normalized spacial score (nSPS) is 36.7. The smallest absolute Gasteiger partial charge is 0.346 e. The number of nitrogens with zero attached hydrogens (tertiary/aromatic N) is 3. The number of carbonyl (C=O) groups is 2. The van der Waals surface area contributed by atoms with Gasteiger partial charge in [-0.15, -0.1) is 9.60 Å². The molecule has 3 atom stereocenters. The molecule has 0 spiro atoms. The number of carboxylic acid groups (broad SMARTS) is 1. The number of hydrogen-bond acceptors (Lipinski definition) is 6. The average molecular weight is 371 g/mol. The Morgan fingerprint density at radius 2 is 1.65 bits per heavy atom. The van der Waals surface area contributed by atoms with Crippen LogP contribution in [-0.4, -0.2) is 82.5 Å². The van der Waals surface area contributed by atoms with Crippen molar-refractivity contribution in [1.29, 1.82) is 0 Å². The molecular formula is C18H30FN3O4. The molecular weight excluding hydrogens is 341 g/mol. The van der Waals surface area contributed by atoms with Gasteiger partial charge in [0.25, 0.3) is 0 Å². The van der Waals surface area contributed by atoms with Gasteiger partial charge in [-0.05, 0) is 51.6 Å². The number of carbonyl (C=O) groups excluding carboxylic acids is 1. The quantitative estimate of drug-likeness (QED) is 0.560. The van der Waals surface area contributed by atoms with Crippen molar-refractivity contribution in [2.75, 3.05) is 39.3 Å². The van der Waals surface area contributed by atoms with Crippen LogP contribution in [0.5, 0.6) is 0 Å². The molecule has 8 heteroatoms. The van der Waals surface area contributed by atoms with E-state index in [1.165, 1.54) is 0 Å². The molecule has 3 aliphatic rings. The van der Waals surface area contributed by atoms with Gasteiger partial charge in [-0.1, -0.05) is 6.92 Å². The summed E-state index contributed by atoms with van der Waals surface area (Å²) in [7, 11) is 0. The summed E-state index contributed by atoms with van der Waals surface area (Å²) in [6.07, 6.45) is 3.32. The molecule has 1 N–H and O–H groups in total. The molecule has 0 amide bonds. The first kappa shape index (κ1) is 19.5. The molecule has 0 aromatic carbocycles. The number of carboxylic acids is 1. The van der Waals surface area contributed by atoms with E-state index in [1.54, 1.807) is 6.92 Å². The topological polar surface area (TPSA) is 73.3 Å². The molecule has 3 heterocycles. The Bertz CT molecular complexity index is 551. The Morgan fingerprint density at radius 3 is 2.15 bits per heavy atom. The highest BCUT2D eigenvalue weighted by Gasteiger charge is 2.74. The lowest BCUT2D eigenvalue weighted by atomic mass is 9.73. The van der Waals surface area contributed by atoms with Crippen molar-refractivity contribution in [3.63, 3.8) is 0 Å². The zero-order valence-corrected chi connectivity index (χ0v) is 15.7. The minimum Gasteiger partial charge on any atom is -0.481 e. The fraction of sp³-hybridized carbons (Fsp3) is 0.889. The number of hydrogen-bond donors (Lipinski definition) is 1. The van der Waals surface area contributed by atoms with Gasteiger partial charge in [-0.25, -0.2) is 4.79 Å². The summed E-state index contributed by atoms with van der Waals surface area (Å²) in [5, 5.41) is 10.3. The van der Waals surface area contributed by atoms with Crippen LogP contribution in [0.25, 0.3) is 0 Å². The van der Waals surface area contributed by atoms with Crippen LogP contribution in [0.3, 0.4) is 0 Å². The van der Waals surface area contributed by atoms with E-state index in [-0.39, 0.29) is 25.5 Å². The highest BCUT2D eigenvalue weighted by Crippen LogP contribution is 2.53. The van der Waals surface area contributed by atoms with Crippen molar-refractivity contribution in [2.24, 2.45) is 5.92 Å². The minimum atomic E-state index is -1.69. The van der Waals surface area contributed by atoms with Gasteiger partial charge in [-0.2, -0.15) is 0 Å². The van der Waals surface area contributed by atoms with Gasteiger partial charge in [0.1, 0.15) is 0 Å². The highest BCUT2D eigenvalue weighted by atomic mass is 19.2. The zero-order chi connectivity index (χ0) is 18.9. The van der Waals surface area contributed by atoms with Crippen LogP contribution >= 0.6 is 0 Å². The minimum absolute atomic E-state index is 0.0269. The molecule has 3 aliphatic heterocycles. The number of halogens is 1. The molecule has 0 aliphatic carbocycles. The number of esters is 1. The fourth-order valence-corrected chi connectivity index (χ4v) is 5.47. The first-order valence-electron chi connectivity index (χ1n) is 9.73. The van der Waals surface area contributed by atoms with Gasteiger partial charge in [0.05, 0.1) is 18.6 Å². The summed E-state index contributed by atoms with van der Waals surface area (Å²) in [4.78, 5) is 29.1. The van der Waals surface area contributed by atoms with E-state index in [9.17, 15) is 14.7 Å². The summed E-state index contributed by atoms with van der Waals surface area (Å²) >= 11 is 0. The highest BCUT2D eigenvalue weighted by molar-refractivity contribution is 5.85. The molecule has 3 rings (SSSR count). The van der Waals surface area contributed by atoms with Gasteiger partial charge in [0.2, 0.25) is 5.66 Å². The maximum Gasteiger partial charge on any atom is 0.346 e. The third-order valence-electron chi connectivity index (χ3n) is 6.42. The number of ether oxygens (including phenoxy) is 1.